The Balaban J connectivity index is 1.85. The third kappa shape index (κ3) is 5.04. The van der Waals surface area contributed by atoms with Gasteiger partial charge in [-0.05, 0) is 24.3 Å². The molecule has 2 heterocycles. The van der Waals surface area contributed by atoms with E-state index in [1.54, 1.807) is 17.5 Å². The van der Waals surface area contributed by atoms with E-state index in [0.29, 0.717) is 24.3 Å². The van der Waals surface area contributed by atoms with Crippen molar-refractivity contribution in [3.63, 3.8) is 0 Å². The highest BCUT2D eigenvalue weighted by Crippen LogP contribution is 2.17. The van der Waals surface area contributed by atoms with Gasteiger partial charge in [-0.2, -0.15) is 0 Å². The van der Waals surface area contributed by atoms with Gasteiger partial charge in [0.2, 0.25) is 11.8 Å². The van der Waals surface area contributed by atoms with Crippen LogP contribution in [0.25, 0.3) is 0 Å². The summed E-state index contributed by atoms with van der Waals surface area (Å²) in [4.78, 5) is 52.5. The number of nitrogens with zero attached hydrogens (tertiary/aromatic N) is 3. The SMILES string of the molecule is CN(CC(=O)N1CCCC(C(=O)O)C1)C(=O)CN(C)C(=O)c1cccs1. The molecule has 3 amide bonds. The van der Waals surface area contributed by atoms with Crippen LogP contribution < -0.4 is 0 Å². The Bertz CT molecular complexity index is 676. The van der Waals surface area contributed by atoms with Crippen LogP contribution in [0.1, 0.15) is 22.5 Å². The molecule has 26 heavy (non-hydrogen) atoms. The smallest absolute Gasteiger partial charge is 0.308 e. The summed E-state index contributed by atoms with van der Waals surface area (Å²) in [6.07, 6.45) is 1.20. The Morgan fingerprint density at radius 1 is 1.23 bits per heavy atom. The Labute approximate surface area is 156 Å². The van der Waals surface area contributed by atoms with Crippen molar-refractivity contribution < 1.29 is 24.3 Å². The fraction of sp³-hybridized carbons (Fsp3) is 0.529. The summed E-state index contributed by atoms with van der Waals surface area (Å²) >= 11 is 1.30. The molecular formula is C17H23N3O5S. The van der Waals surface area contributed by atoms with Crippen LogP contribution in [-0.4, -0.2) is 83.8 Å². The third-order valence-corrected chi connectivity index (χ3v) is 5.23. The molecule has 0 spiro atoms. The zero-order chi connectivity index (χ0) is 19.3. The number of rotatable bonds is 6. The van der Waals surface area contributed by atoms with Crippen molar-refractivity contribution in [2.24, 2.45) is 5.92 Å². The Morgan fingerprint density at radius 2 is 1.96 bits per heavy atom. The second kappa shape index (κ2) is 8.79. The van der Waals surface area contributed by atoms with E-state index in [-0.39, 0.29) is 37.4 Å². The first-order valence-corrected chi connectivity index (χ1v) is 9.21. The van der Waals surface area contributed by atoms with Gasteiger partial charge in [-0.1, -0.05) is 6.07 Å². The number of carbonyl (C=O) groups excluding carboxylic acids is 3. The molecule has 142 valence electrons. The lowest BCUT2D eigenvalue weighted by Gasteiger charge is -2.32. The Kier molecular flexibility index (Phi) is 6.73. The molecular weight excluding hydrogens is 358 g/mol. The van der Waals surface area contributed by atoms with Crippen molar-refractivity contribution in [2.45, 2.75) is 12.8 Å². The van der Waals surface area contributed by atoms with Crippen LogP contribution in [0.15, 0.2) is 17.5 Å². The minimum absolute atomic E-state index is 0.127. The molecule has 1 atom stereocenters. The largest absolute Gasteiger partial charge is 0.481 e. The zero-order valence-corrected chi connectivity index (χ0v) is 15.7. The predicted molar refractivity (Wildman–Crippen MR) is 95.9 cm³/mol. The molecule has 0 saturated carbocycles. The monoisotopic (exact) mass is 381 g/mol. The van der Waals surface area contributed by atoms with Crippen molar-refractivity contribution in [1.29, 1.82) is 0 Å². The van der Waals surface area contributed by atoms with Gasteiger partial charge in [0.05, 0.1) is 23.9 Å². The van der Waals surface area contributed by atoms with Gasteiger partial charge in [-0.15, -0.1) is 11.3 Å². The fourth-order valence-electron chi connectivity index (χ4n) is 2.78. The molecule has 9 heteroatoms. The highest BCUT2D eigenvalue weighted by Gasteiger charge is 2.29. The fourth-order valence-corrected chi connectivity index (χ4v) is 3.50. The molecule has 0 radical (unpaired) electrons. The molecule has 0 bridgehead atoms. The average Bonchev–Trinajstić information content (AvgIpc) is 3.15. The molecule has 8 nitrogen and oxygen atoms in total. The number of thiophene rings is 1. The average molecular weight is 381 g/mol. The first-order valence-electron chi connectivity index (χ1n) is 8.33. The maximum atomic E-state index is 12.3. The summed E-state index contributed by atoms with van der Waals surface area (Å²) in [5.74, 6) is -2.33. The predicted octanol–water partition coefficient (Wildman–Crippen LogP) is 0.602. The summed E-state index contributed by atoms with van der Waals surface area (Å²) in [6, 6.07) is 3.46. The molecule has 1 saturated heterocycles. The number of carboxylic acids is 1. The zero-order valence-electron chi connectivity index (χ0n) is 14.9. The van der Waals surface area contributed by atoms with Crippen LogP contribution >= 0.6 is 11.3 Å². The summed E-state index contributed by atoms with van der Waals surface area (Å²) in [7, 11) is 3.04. The van der Waals surface area contributed by atoms with Gasteiger partial charge in [0.1, 0.15) is 0 Å². The summed E-state index contributed by atoms with van der Waals surface area (Å²) in [5.41, 5.74) is 0. The molecule has 1 aliphatic rings. The van der Waals surface area contributed by atoms with E-state index in [9.17, 15) is 19.2 Å². The number of piperidine rings is 1. The highest BCUT2D eigenvalue weighted by molar-refractivity contribution is 7.12. The van der Waals surface area contributed by atoms with Crippen LogP contribution in [0.4, 0.5) is 0 Å². The second-order valence-electron chi connectivity index (χ2n) is 6.41. The number of hydrogen-bond acceptors (Lipinski definition) is 5. The topological polar surface area (TPSA) is 98.2 Å². The minimum Gasteiger partial charge on any atom is -0.481 e. The van der Waals surface area contributed by atoms with Crippen molar-refractivity contribution in [2.75, 3.05) is 40.3 Å². The van der Waals surface area contributed by atoms with Gasteiger partial charge in [0.25, 0.3) is 5.91 Å². The highest BCUT2D eigenvalue weighted by atomic mass is 32.1. The molecule has 2 rings (SSSR count). The van der Waals surface area contributed by atoms with Crippen LogP contribution in [0, 0.1) is 5.92 Å². The Hall–Kier alpha value is -2.42. The Morgan fingerprint density at radius 3 is 2.58 bits per heavy atom. The van der Waals surface area contributed by atoms with Gasteiger partial charge in [-0.25, -0.2) is 0 Å². The van der Waals surface area contributed by atoms with Crippen LogP contribution in [0.2, 0.25) is 0 Å². The third-order valence-electron chi connectivity index (χ3n) is 4.37. The van der Waals surface area contributed by atoms with E-state index in [4.69, 9.17) is 5.11 Å². The van der Waals surface area contributed by atoms with E-state index in [0.717, 1.165) is 0 Å². The molecule has 1 N–H and O–H groups in total. The number of likely N-dealkylation sites (N-methyl/N-ethyl adjacent to an activating group) is 2. The number of carbonyl (C=O) groups is 4. The molecule has 1 aliphatic heterocycles. The number of amides is 3. The summed E-state index contributed by atoms with van der Waals surface area (Å²) in [5, 5.41) is 10.9. The van der Waals surface area contributed by atoms with E-state index in [1.807, 2.05) is 0 Å². The van der Waals surface area contributed by atoms with Crippen molar-refractivity contribution in [1.82, 2.24) is 14.7 Å². The molecule has 1 aromatic rings. The van der Waals surface area contributed by atoms with Crippen LogP contribution in [0.5, 0.6) is 0 Å². The molecule has 1 aromatic heterocycles. The number of likely N-dealkylation sites (tertiary alicyclic amines) is 1. The lowest BCUT2D eigenvalue weighted by molar-refractivity contribution is -0.147. The maximum Gasteiger partial charge on any atom is 0.308 e. The number of aliphatic carboxylic acids is 1. The number of hydrogen-bond donors (Lipinski definition) is 1. The quantitative estimate of drug-likeness (QED) is 0.778. The second-order valence-corrected chi connectivity index (χ2v) is 7.35. The van der Waals surface area contributed by atoms with Gasteiger partial charge in [0.15, 0.2) is 0 Å². The van der Waals surface area contributed by atoms with Gasteiger partial charge in [-0.3, -0.25) is 19.2 Å². The van der Waals surface area contributed by atoms with Gasteiger partial charge in [0, 0.05) is 27.2 Å². The minimum atomic E-state index is -0.902. The standard InChI is InChI=1S/C17H23N3O5S/c1-18(11-15(22)20-7-3-5-12(9-20)17(24)25)14(21)10-19(2)16(23)13-6-4-8-26-13/h4,6,8,12H,3,5,7,9-11H2,1-2H3,(H,24,25). The maximum absolute atomic E-state index is 12.3. The van der Waals surface area contributed by atoms with E-state index in [1.165, 1.54) is 40.1 Å². The number of carboxylic acid groups (broad SMARTS) is 1. The van der Waals surface area contributed by atoms with E-state index in [2.05, 4.69) is 0 Å². The van der Waals surface area contributed by atoms with Gasteiger partial charge >= 0.3 is 5.97 Å². The molecule has 1 fully saturated rings. The van der Waals surface area contributed by atoms with Crippen molar-refractivity contribution in [3.8, 4) is 0 Å². The van der Waals surface area contributed by atoms with E-state index >= 15 is 0 Å². The first kappa shape index (κ1) is 19.9. The van der Waals surface area contributed by atoms with Crippen LogP contribution in [0.3, 0.4) is 0 Å². The summed E-state index contributed by atoms with van der Waals surface area (Å²) in [6.45, 7) is 0.416. The lowest BCUT2D eigenvalue weighted by Crippen LogP contribution is -2.48. The van der Waals surface area contributed by atoms with Crippen LogP contribution in [-0.2, 0) is 14.4 Å². The van der Waals surface area contributed by atoms with Crippen molar-refractivity contribution >= 4 is 35.0 Å². The molecule has 1 unspecified atom stereocenters. The van der Waals surface area contributed by atoms with Gasteiger partial charge < -0.3 is 19.8 Å². The van der Waals surface area contributed by atoms with Crippen molar-refractivity contribution in [3.05, 3.63) is 22.4 Å². The normalized spacial score (nSPS) is 16.8. The lowest BCUT2D eigenvalue weighted by atomic mass is 9.98. The van der Waals surface area contributed by atoms with E-state index < -0.39 is 11.9 Å². The first-order chi connectivity index (χ1) is 12.3. The molecule has 0 aromatic carbocycles. The molecule has 0 aliphatic carbocycles. The summed E-state index contributed by atoms with van der Waals surface area (Å²) < 4.78 is 0.